The highest BCUT2D eigenvalue weighted by Gasteiger charge is 2.36. The first kappa shape index (κ1) is 21.0. The maximum atomic E-state index is 13.7. The smallest absolute Gasteiger partial charge is 0.361 e. The third-order valence-corrected chi connectivity index (χ3v) is 5.07. The number of carbonyl (C=O) groups excluding carboxylic acids is 1. The van der Waals surface area contributed by atoms with E-state index >= 15 is 0 Å². The number of aromatic nitrogens is 1. The number of carbonyl (C=O) groups is 1. The zero-order chi connectivity index (χ0) is 21.0. The van der Waals surface area contributed by atoms with Crippen LogP contribution in [-0.2, 0) is 11.0 Å². The van der Waals surface area contributed by atoms with Gasteiger partial charge in [-0.2, -0.15) is 13.2 Å². The highest BCUT2D eigenvalue weighted by molar-refractivity contribution is 5.86. The summed E-state index contributed by atoms with van der Waals surface area (Å²) in [6.07, 6.45) is -2.01. The van der Waals surface area contributed by atoms with Gasteiger partial charge >= 0.3 is 6.18 Å². The number of halogens is 3. The SMILES string of the molecule is CC(C)CCNC(=O)CC(c1ccccc1C(F)(F)F)c1c[nH]c2ccccc12. The van der Waals surface area contributed by atoms with E-state index in [4.69, 9.17) is 0 Å². The molecule has 2 aromatic carbocycles. The van der Waals surface area contributed by atoms with Crippen LogP contribution in [0.15, 0.2) is 54.7 Å². The van der Waals surface area contributed by atoms with Crippen molar-refractivity contribution in [3.05, 3.63) is 71.4 Å². The molecule has 2 N–H and O–H groups in total. The predicted octanol–water partition coefficient (Wildman–Crippen LogP) is 5.87. The molecule has 0 aliphatic carbocycles. The molecule has 154 valence electrons. The lowest BCUT2D eigenvalue weighted by molar-refractivity contribution is -0.138. The van der Waals surface area contributed by atoms with Crippen molar-refractivity contribution >= 4 is 16.8 Å². The predicted molar refractivity (Wildman–Crippen MR) is 109 cm³/mol. The van der Waals surface area contributed by atoms with Crippen LogP contribution in [0.25, 0.3) is 10.9 Å². The molecule has 0 bridgehead atoms. The van der Waals surface area contributed by atoms with E-state index in [9.17, 15) is 18.0 Å². The van der Waals surface area contributed by atoms with Crippen LogP contribution in [-0.4, -0.2) is 17.4 Å². The normalized spacial score (nSPS) is 13.0. The van der Waals surface area contributed by atoms with Crippen molar-refractivity contribution in [1.82, 2.24) is 10.3 Å². The zero-order valence-electron chi connectivity index (χ0n) is 16.5. The average Bonchev–Trinajstić information content (AvgIpc) is 3.09. The molecule has 0 fully saturated rings. The molecule has 0 aliphatic rings. The van der Waals surface area contributed by atoms with E-state index in [0.717, 1.165) is 23.4 Å². The average molecular weight is 402 g/mol. The molecule has 3 rings (SSSR count). The van der Waals surface area contributed by atoms with Crippen LogP contribution in [0.1, 0.15) is 49.3 Å². The number of hydrogen-bond donors (Lipinski definition) is 2. The Morgan fingerprint density at radius 3 is 2.45 bits per heavy atom. The Morgan fingerprint density at radius 1 is 1.03 bits per heavy atom. The highest BCUT2D eigenvalue weighted by Crippen LogP contribution is 2.40. The summed E-state index contributed by atoms with van der Waals surface area (Å²) in [7, 11) is 0. The van der Waals surface area contributed by atoms with Gasteiger partial charge in [-0.05, 0) is 35.6 Å². The molecular weight excluding hydrogens is 377 g/mol. The number of amides is 1. The lowest BCUT2D eigenvalue weighted by atomic mass is 9.85. The van der Waals surface area contributed by atoms with Crippen LogP contribution in [0.3, 0.4) is 0 Å². The second-order valence-corrected chi connectivity index (χ2v) is 7.66. The molecule has 0 spiro atoms. The first-order valence-corrected chi connectivity index (χ1v) is 9.76. The van der Waals surface area contributed by atoms with Gasteiger partial charge in [-0.3, -0.25) is 4.79 Å². The van der Waals surface area contributed by atoms with E-state index in [-0.39, 0.29) is 17.9 Å². The molecule has 1 atom stereocenters. The molecule has 3 nitrogen and oxygen atoms in total. The van der Waals surface area contributed by atoms with Crippen LogP contribution in [0, 0.1) is 5.92 Å². The molecule has 0 saturated heterocycles. The van der Waals surface area contributed by atoms with Crippen molar-refractivity contribution < 1.29 is 18.0 Å². The van der Waals surface area contributed by atoms with E-state index in [1.165, 1.54) is 12.1 Å². The lowest BCUT2D eigenvalue weighted by Gasteiger charge is -2.22. The van der Waals surface area contributed by atoms with Crippen molar-refractivity contribution in [3.8, 4) is 0 Å². The third kappa shape index (κ3) is 5.00. The molecule has 0 radical (unpaired) electrons. The van der Waals surface area contributed by atoms with Gasteiger partial charge in [-0.1, -0.05) is 50.2 Å². The van der Waals surface area contributed by atoms with Crippen molar-refractivity contribution in [2.24, 2.45) is 5.92 Å². The number of alkyl halides is 3. The van der Waals surface area contributed by atoms with Gasteiger partial charge in [0.2, 0.25) is 5.91 Å². The number of H-pyrrole nitrogens is 1. The molecule has 0 aliphatic heterocycles. The van der Waals surface area contributed by atoms with E-state index in [1.54, 1.807) is 12.3 Å². The number of nitrogens with one attached hydrogen (secondary N) is 2. The molecule has 1 aromatic heterocycles. The number of aromatic amines is 1. The summed E-state index contributed by atoms with van der Waals surface area (Å²) < 4.78 is 41.1. The van der Waals surface area contributed by atoms with Gasteiger partial charge in [0, 0.05) is 36.0 Å². The summed E-state index contributed by atoms with van der Waals surface area (Å²) in [5.41, 5.74) is 0.933. The maximum Gasteiger partial charge on any atom is 0.416 e. The number of benzene rings is 2. The number of rotatable bonds is 7. The first-order chi connectivity index (χ1) is 13.8. The first-order valence-electron chi connectivity index (χ1n) is 9.76. The van der Waals surface area contributed by atoms with E-state index in [2.05, 4.69) is 24.1 Å². The quantitative estimate of drug-likeness (QED) is 0.510. The minimum atomic E-state index is -4.49. The molecular formula is C23H25F3N2O. The molecule has 1 unspecified atom stereocenters. The molecule has 29 heavy (non-hydrogen) atoms. The number of para-hydroxylation sites is 1. The van der Waals surface area contributed by atoms with Gasteiger partial charge in [-0.15, -0.1) is 0 Å². The zero-order valence-corrected chi connectivity index (χ0v) is 16.5. The van der Waals surface area contributed by atoms with Gasteiger partial charge < -0.3 is 10.3 Å². The van der Waals surface area contributed by atoms with Crippen molar-refractivity contribution in [2.75, 3.05) is 6.54 Å². The number of hydrogen-bond acceptors (Lipinski definition) is 1. The Kier molecular flexibility index (Phi) is 6.30. The summed E-state index contributed by atoms with van der Waals surface area (Å²) in [6, 6.07) is 12.9. The Hall–Kier alpha value is -2.76. The lowest BCUT2D eigenvalue weighted by Crippen LogP contribution is -2.27. The topological polar surface area (TPSA) is 44.9 Å². The molecule has 6 heteroatoms. The Morgan fingerprint density at radius 2 is 1.72 bits per heavy atom. The molecule has 1 amide bonds. The highest BCUT2D eigenvalue weighted by atomic mass is 19.4. The molecule has 3 aromatic rings. The fourth-order valence-corrected chi connectivity index (χ4v) is 3.59. The monoisotopic (exact) mass is 402 g/mol. The maximum absolute atomic E-state index is 13.7. The Balaban J connectivity index is 2.01. The summed E-state index contributed by atoms with van der Waals surface area (Å²) >= 11 is 0. The largest absolute Gasteiger partial charge is 0.416 e. The van der Waals surface area contributed by atoms with Crippen LogP contribution < -0.4 is 5.32 Å². The van der Waals surface area contributed by atoms with E-state index in [0.29, 0.717) is 18.0 Å². The van der Waals surface area contributed by atoms with Gasteiger partial charge in [-0.25, -0.2) is 0 Å². The Labute approximate surface area is 168 Å². The van der Waals surface area contributed by atoms with Crippen molar-refractivity contribution in [2.45, 2.75) is 38.8 Å². The summed E-state index contributed by atoms with van der Waals surface area (Å²) in [4.78, 5) is 15.7. The van der Waals surface area contributed by atoms with Crippen molar-refractivity contribution in [1.29, 1.82) is 0 Å². The third-order valence-electron chi connectivity index (χ3n) is 5.07. The minimum Gasteiger partial charge on any atom is -0.361 e. The van der Waals surface area contributed by atoms with Crippen LogP contribution in [0.4, 0.5) is 13.2 Å². The van der Waals surface area contributed by atoms with Gasteiger partial charge in [0.25, 0.3) is 0 Å². The summed E-state index contributed by atoms with van der Waals surface area (Å²) in [5, 5.41) is 3.68. The minimum absolute atomic E-state index is 0.0486. The fraction of sp³-hybridized carbons (Fsp3) is 0.348. The summed E-state index contributed by atoms with van der Waals surface area (Å²) in [5.74, 6) is -0.522. The molecule has 1 heterocycles. The molecule has 0 saturated carbocycles. The second-order valence-electron chi connectivity index (χ2n) is 7.66. The van der Waals surface area contributed by atoms with Gasteiger partial charge in [0.1, 0.15) is 0 Å². The standard InChI is InChI=1S/C23H25F3N2O/c1-15(2)11-12-27-22(29)13-18(16-7-3-5-9-20(16)23(24,25)26)19-14-28-21-10-6-4-8-17(19)21/h3-10,14-15,18,28H,11-13H2,1-2H3,(H,27,29). The van der Waals surface area contributed by atoms with E-state index in [1.807, 2.05) is 24.3 Å². The van der Waals surface area contributed by atoms with Crippen LogP contribution in [0.2, 0.25) is 0 Å². The number of fused-ring (bicyclic) bond motifs is 1. The Bertz CT molecular complexity index is 975. The second kappa shape index (κ2) is 8.72. The van der Waals surface area contributed by atoms with Crippen LogP contribution >= 0.6 is 0 Å². The van der Waals surface area contributed by atoms with Crippen LogP contribution in [0.5, 0.6) is 0 Å². The van der Waals surface area contributed by atoms with Gasteiger partial charge in [0.15, 0.2) is 0 Å². The van der Waals surface area contributed by atoms with E-state index < -0.39 is 17.7 Å². The fourth-order valence-electron chi connectivity index (χ4n) is 3.59. The van der Waals surface area contributed by atoms with Gasteiger partial charge in [0.05, 0.1) is 5.56 Å². The summed E-state index contributed by atoms with van der Waals surface area (Å²) in [6.45, 7) is 4.62. The van der Waals surface area contributed by atoms with Crippen molar-refractivity contribution in [3.63, 3.8) is 0 Å².